The molecule has 2 aromatic rings. The molecule has 2 unspecified atom stereocenters. The fourth-order valence-corrected chi connectivity index (χ4v) is 2.31. The summed E-state index contributed by atoms with van der Waals surface area (Å²) in [6, 6.07) is 9.30. The van der Waals surface area contributed by atoms with E-state index in [9.17, 15) is 24.9 Å². The topological polar surface area (TPSA) is 104 Å². The van der Waals surface area contributed by atoms with Crippen molar-refractivity contribution in [3.63, 3.8) is 0 Å². The minimum absolute atomic E-state index is 0.0807. The fourth-order valence-electron chi connectivity index (χ4n) is 2.31. The monoisotopic (exact) mass is 304 g/mol. The van der Waals surface area contributed by atoms with Gasteiger partial charge in [-0.05, 0) is 29.3 Å². The lowest BCUT2D eigenvalue weighted by Crippen LogP contribution is -2.30. The summed E-state index contributed by atoms with van der Waals surface area (Å²) < 4.78 is 4.68. The number of aliphatic hydroxyl groups is 2. The molecule has 0 heterocycles. The second-order valence-electron chi connectivity index (χ2n) is 4.69. The summed E-state index contributed by atoms with van der Waals surface area (Å²) in [5, 5.41) is 30.2. The first-order valence-electron chi connectivity index (χ1n) is 6.75. The predicted molar refractivity (Wildman–Crippen MR) is 78.5 cm³/mol. The number of esters is 1. The Balaban J connectivity index is 2.50. The Hall–Kier alpha value is -2.44. The summed E-state index contributed by atoms with van der Waals surface area (Å²) in [6.45, 7) is 1.68. The standard InChI is InChI=1S/C16H16O6/c1-2-22-16(21)14(18)13(17)11-7-3-6-10-9(11)5-4-8-12(10)15(19)20/h3-8,13-14,17-18H,2H2,1H3,(H,19,20). The lowest BCUT2D eigenvalue weighted by Gasteiger charge is -2.18. The average Bonchev–Trinajstić information content (AvgIpc) is 2.52. The number of hydrogen-bond donors (Lipinski definition) is 3. The molecule has 2 rings (SSSR count). The normalized spacial score (nSPS) is 13.6. The van der Waals surface area contributed by atoms with Gasteiger partial charge < -0.3 is 20.1 Å². The molecule has 0 aromatic heterocycles. The molecule has 2 aromatic carbocycles. The molecule has 0 spiro atoms. The minimum atomic E-state index is -1.74. The van der Waals surface area contributed by atoms with Crippen LogP contribution in [0.2, 0.25) is 0 Å². The van der Waals surface area contributed by atoms with Crippen LogP contribution < -0.4 is 0 Å². The quantitative estimate of drug-likeness (QED) is 0.723. The molecular weight excluding hydrogens is 288 g/mol. The lowest BCUT2D eigenvalue weighted by molar-refractivity contribution is -0.159. The number of carboxylic acids is 1. The average molecular weight is 304 g/mol. The maximum Gasteiger partial charge on any atom is 0.338 e. The Morgan fingerprint density at radius 1 is 1.09 bits per heavy atom. The molecule has 0 saturated carbocycles. The summed E-state index contributed by atoms with van der Waals surface area (Å²) in [5.41, 5.74) is 0.346. The smallest absolute Gasteiger partial charge is 0.338 e. The van der Waals surface area contributed by atoms with Gasteiger partial charge in [-0.15, -0.1) is 0 Å². The fraction of sp³-hybridized carbons (Fsp3) is 0.250. The van der Waals surface area contributed by atoms with Crippen molar-refractivity contribution in [1.29, 1.82) is 0 Å². The van der Waals surface area contributed by atoms with Gasteiger partial charge in [-0.1, -0.05) is 30.3 Å². The molecule has 0 aliphatic heterocycles. The third-order valence-electron chi connectivity index (χ3n) is 3.33. The van der Waals surface area contributed by atoms with Crippen LogP contribution in [0.25, 0.3) is 10.8 Å². The number of fused-ring (bicyclic) bond motifs is 1. The van der Waals surface area contributed by atoms with Crippen molar-refractivity contribution in [2.24, 2.45) is 0 Å². The molecule has 2 atom stereocenters. The summed E-state index contributed by atoms with van der Waals surface area (Å²) in [6.07, 6.45) is -3.24. The second-order valence-corrected chi connectivity index (χ2v) is 4.69. The van der Waals surface area contributed by atoms with Crippen molar-refractivity contribution in [2.75, 3.05) is 6.61 Å². The number of benzene rings is 2. The largest absolute Gasteiger partial charge is 0.478 e. The highest BCUT2D eigenvalue weighted by atomic mass is 16.5. The molecule has 0 bridgehead atoms. The molecular formula is C16H16O6. The van der Waals surface area contributed by atoms with Gasteiger partial charge in [0.25, 0.3) is 0 Å². The van der Waals surface area contributed by atoms with Crippen molar-refractivity contribution in [3.05, 3.63) is 47.5 Å². The molecule has 0 fully saturated rings. The van der Waals surface area contributed by atoms with E-state index in [1.807, 2.05) is 0 Å². The van der Waals surface area contributed by atoms with Gasteiger partial charge >= 0.3 is 11.9 Å². The third-order valence-corrected chi connectivity index (χ3v) is 3.33. The number of rotatable bonds is 5. The molecule has 0 aliphatic rings. The first kappa shape index (κ1) is 15.9. The van der Waals surface area contributed by atoms with Gasteiger partial charge in [0.1, 0.15) is 6.10 Å². The van der Waals surface area contributed by atoms with Gasteiger partial charge in [0, 0.05) is 0 Å². The predicted octanol–water partition coefficient (Wildman–Crippen LogP) is 1.50. The number of aliphatic hydroxyl groups excluding tert-OH is 2. The zero-order chi connectivity index (χ0) is 16.3. The number of carbonyl (C=O) groups is 2. The van der Waals surface area contributed by atoms with Crippen LogP contribution in [0.1, 0.15) is 28.9 Å². The zero-order valence-corrected chi connectivity index (χ0v) is 11.9. The molecule has 0 radical (unpaired) electrons. The van der Waals surface area contributed by atoms with Crippen LogP contribution in [-0.2, 0) is 9.53 Å². The number of carboxylic acid groups (broad SMARTS) is 1. The first-order chi connectivity index (χ1) is 10.5. The van der Waals surface area contributed by atoms with Crippen molar-refractivity contribution in [3.8, 4) is 0 Å². The van der Waals surface area contributed by atoms with E-state index in [-0.39, 0.29) is 17.7 Å². The van der Waals surface area contributed by atoms with E-state index >= 15 is 0 Å². The van der Waals surface area contributed by atoms with E-state index in [1.54, 1.807) is 31.2 Å². The van der Waals surface area contributed by atoms with E-state index in [4.69, 9.17) is 0 Å². The maximum absolute atomic E-state index is 11.5. The molecule has 22 heavy (non-hydrogen) atoms. The molecule has 3 N–H and O–H groups in total. The highest BCUT2D eigenvalue weighted by molar-refractivity contribution is 6.04. The third kappa shape index (κ3) is 2.93. The van der Waals surface area contributed by atoms with Gasteiger partial charge in [0.2, 0.25) is 0 Å². The number of carbonyl (C=O) groups excluding carboxylic acids is 1. The van der Waals surface area contributed by atoms with Gasteiger partial charge in [-0.3, -0.25) is 0 Å². The Morgan fingerprint density at radius 3 is 2.36 bits per heavy atom. The molecule has 6 heteroatoms. The molecule has 6 nitrogen and oxygen atoms in total. The molecule has 0 aliphatic carbocycles. The second kappa shape index (κ2) is 6.55. The van der Waals surface area contributed by atoms with Crippen molar-refractivity contribution in [2.45, 2.75) is 19.1 Å². The Labute approximate surface area is 126 Å². The zero-order valence-electron chi connectivity index (χ0n) is 11.9. The van der Waals surface area contributed by atoms with Gasteiger partial charge in [-0.2, -0.15) is 0 Å². The van der Waals surface area contributed by atoms with Crippen LogP contribution in [0.4, 0.5) is 0 Å². The summed E-state index contributed by atoms with van der Waals surface area (Å²) in [7, 11) is 0. The molecule has 0 amide bonds. The lowest BCUT2D eigenvalue weighted by atomic mass is 9.95. The summed E-state index contributed by atoms with van der Waals surface area (Å²) in [5.74, 6) is -2.02. The summed E-state index contributed by atoms with van der Waals surface area (Å²) in [4.78, 5) is 22.8. The van der Waals surface area contributed by atoms with E-state index < -0.39 is 24.1 Å². The van der Waals surface area contributed by atoms with Crippen molar-refractivity contribution >= 4 is 22.7 Å². The van der Waals surface area contributed by atoms with Gasteiger partial charge in [-0.25, -0.2) is 9.59 Å². The van der Waals surface area contributed by atoms with Crippen LogP contribution in [0.15, 0.2) is 36.4 Å². The van der Waals surface area contributed by atoms with E-state index in [0.717, 1.165) is 0 Å². The maximum atomic E-state index is 11.5. The Kier molecular flexibility index (Phi) is 4.75. The number of aromatic carboxylic acids is 1. The van der Waals surface area contributed by atoms with Crippen LogP contribution in [0.5, 0.6) is 0 Å². The van der Waals surface area contributed by atoms with E-state index in [1.165, 1.54) is 12.1 Å². The first-order valence-corrected chi connectivity index (χ1v) is 6.75. The van der Waals surface area contributed by atoms with Crippen LogP contribution >= 0.6 is 0 Å². The van der Waals surface area contributed by atoms with Crippen LogP contribution in [-0.4, -0.2) is 40.0 Å². The molecule has 116 valence electrons. The Morgan fingerprint density at radius 2 is 1.73 bits per heavy atom. The summed E-state index contributed by atoms with van der Waals surface area (Å²) >= 11 is 0. The van der Waals surface area contributed by atoms with Crippen molar-refractivity contribution < 1.29 is 29.6 Å². The van der Waals surface area contributed by atoms with Gasteiger partial charge in [0.15, 0.2) is 6.10 Å². The van der Waals surface area contributed by atoms with Crippen molar-refractivity contribution in [1.82, 2.24) is 0 Å². The number of hydrogen-bond acceptors (Lipinski definition) is 5. The highest BCUT2D eigenvalue weighted by Crippen LogP contribution is 2.29. The molecule has 0 saturated heterocycles. The van der Waals surface area contributed by atoms with E-state index in [2.05, 4.69) is 4.74 Å². The van der Waals surface area contributed by atoms with Gasteiger partial charge in [0.05, 0.1) is 12.2 Å². The highest BCUT2D eigenvalue weighted by Gasteiger charge is 2.28. The van der Waals surface area contributed by atoms with Crippen LogP contribution in [0, 0.1) is 0 Å². The van der Waals surface area contributed by atoms with E-state index in [0.29, 0.717) is 10.8 Å². The SMILES string of the molecule is CCOC(=O)C(O)C(O)c1cccc2c(C(=O)O)cccc12. The van der Waals surface area contributed by atoms with Crippen LogP contribution in [0.3, 0.4) is 0 Å². The number of ether oxygens (including phenoxy) is 1. The Bertz CT molecular complexity index is 709. The minimum Gasteiger partial charge on any atom is -0.478 e.